The molecule has 1 atom stereocenters. The topological polar surface area (TPSA) is 15.3 Å². The van der Waals surface area contributed by atoms with Crippen LogP contribution in [0.4, 0.5) is 0 Å². The Kier molecular flexibility index (Phi) is 5.20. The third-order valence-corrected chi connectivity index (χ3v) is 3.08. The predicted octanol–water partition coefficient (Wildman–Crippen LogP) is 1.88. The zero-order chi connectivity index (χ0) is 10.4. The van der Waals surface area contributed by atoms with E-state index in [0.29, 0.717) is 6.04 Å². The molecule has 1 aliphatic heterocycles. The molecule has 0 spiro atoms. The van der Waals surface area contributed by atoms with Crippen molar-refractivity contribution < 1.29 is 0 Å². The summed E-state index contributed by atoms with van der Waals surface area (Å²) >= 11 is 0. The summed E-state index contributed by atoms with van der Waals surface area (Å²) < 4.78 is 0. The van der Waals surface area contributed by atoms with Gasteiger partial charge >= 0.3 is 0 Å². The first-order valence-electron chi connectivity index (χ1n) is 5.79. The van der Waals surface area contributed by atoms with Crippen LogP contribution in [0.2, 0.25) is 0 Å². The van der Waals surface area contributed by atoms with Crippen molar-refractivity contribution in [2.24, 2.45) is 5.92 Å². The van der Waals surface area contributed by atoms with E-state index in [-0.39, 0.29) is 0 Å². The standard InChI is InChI=1S/C12H24N2/c1-4-8-14(11(2)3)9-6-12-5-7-13-10-12/h4,11-13H,1,5-10H2,2-3H3. The molecule has 1 unspecified atom stereocenters. The molecule has 0 aromatic heterocycles. The smallest absolute Gasteiger partial charge is 0.0163 e. The van der Waals surface area contributed by atoms with Gasteiger partial charge in [0.25, 0.3) is 0 Å². The van der Waals surface area contributed by atoms with E-state index in [1.54, 1.807) is 0 Å². The Morgan fingerprint density at radius 1 is 1.57 bits per heavy atom. The van der Waals surface area contributed by atoms with Crippen LogP contribution >= 0.6 is 0 Å². The Labute approximate surface area is 88.4 Å². The first-order valence-corrected chi connectivity index (χ1v) is 5.79. The van der Waals surface area contributed by atoms with Crippen molar-refractivity contribution in [3.63, 3.8) is 0 Å². The van der Waals surface area contributed by atoms with E-state index in [0.717, 1.165) is 12.5 Å². The molecule has 1 saturated heterocycles. The Morgan fingerprint density at radius 2 is 2.36 bits per heavy atom. The van der Waals surface area contributed by atoms with Crippen molar-refractivity contribution in [3.05, 3.63) is 12.7 Å². The van der Waals surface area contributed by atoms with Crippen LogP contribution in [0.25, 0.3) is 0 Å². The van der Waals surface area contributed by atoms with E-state index >= 15 is 0 Å². The first kappa shape index (κ1) is 11.7. The number of nitrogens with one attached hydrogen (secondary N) is 1. The van der Waals surface area contributed by atoms with Crippen LogP contribution in [0, 0.1) is 5.92 Å². The highest BCUT2D eigenvalue weighted by Crippen LogP contribution is 2.13. The monoisotopic (exact) mass is 196 g/mol. The van der Waals surface area contributed by atoms with Gasteiger partial charge in [0.15, 0.2) is 0 Å². The molecule has 82 valence electrons. The van der Waals surface area contributed by atoms with Gasteiger partial charge < -0.3 is 5.32 Å². The molecule has 0 saturated carbocycles. The van der Waals surface area contributed by atoms with Gasteiger partial charge in [-0.05, 0) is 52.2 Å². The summed E-state index contributed by atoms with van der Waals surface area (Å²) in [6, 6.07) is 0.641. The molecule has 2 heteroatoms. The van der Waals surface area contributed by atoms with Crippen molar-refractivity contribution in [3.8, 4) is 0 Å². The fraction of sp³-hybridized carbons (Fsp3) is 0.833. The largest absolute Gasteiger partial charge is 0.316 e. The fourth-order valence-corrected chi connectivity index (χ4v) is 2.04. The summed E-state index contributed by atoms with van der Waals surface area (Å²) in [6.45, 7) is 13.0. The average Bonchev–Trinajstić information content (AvgIpc) is 2.64. The molecule has 1 fully saturated rings. The van der Waals surface area contributed by atoms with Crippen molar-refractivity contribution in [2.75, 3.05) is 26.2 Å². The van der Waals surface area contributed by atoms with Crippen LogP contribution in [0.5, 0.6) is 0 Å². The molecule has 1 aliphatic rings. The molecule has 0 aromatic rings. The Hall–Kier alpha value is -0.340. The van der Waals surface area contributed by atoms with Gasteiger partial charge in [0.05, 0.1) is 0 Å². The SMILES string of the molecule is C=CCN(CCC1CCNC1)C(C)C. The number of nitrogens with zero attached hydrogens (tertiary/aromatic N) is 1. The molecule has 0 aromatic carbocycles. The molecule has 2 nitrogen and oxygen atoms in total. The van der Waals surface area contributed by atoms with Crippen LogP contribution in [-0.2, 0) is 0 Å². The molecular formula is C12H24N2. The van der Waals surface area contributed by atoms with E-state index in [4.69, 9.17) is 0 Å². The Morgan fingerprint density at radius 3 is 2.86 bits per heavy atom. The second kappa shape index (κ2) is 6.20. The summed E-state index contributed by atoms with van der Waals surface area (Å²) in [4.78, 5) is 2.49. The predicted molar refractivity (Wildman–Crippen MR) is 62.5 cm³/mol. The third-order valence-electron chi connectivity index (χ3n) is 3.08. The maximum absolute atomic E-state index is 3.81. The molecule has 0 bridgehead atoms. The average molecular weight is 196 g/mol. The van der Waals surface area contributed by atoms with Gasteiger partial charge in [-0.25, -0.2) is 0 Å². The third kappa shape index (κ3) is 3.81. The molecular weight excluding hydrogens is 172 g/mol. The number of hydrogen-bond donors (Lipinski definition) is 1. The minimum absolute atomic E-state index is 0.641. The Bertz CT molecular complexity index is 160. The summed E-state index contributed by atoms with van der Waals surface area (Å²) in [5.74, 6) is 0.904. The minimum atomic E-state index is 0.641. The van der Waals surface area contributed by atoms with Gasteiger partial charge in [-0.2, -0.15) is 0 Å². The van der Waals surface area contributed by atoms with Gasteiger partial charge in [-0.3, -0.25) is 4.90 Å². The van der Waals surface area contributed by atoms with Crippen molar-refractivity contribution in [1.29, 1.82) is 0 Å². The van der Waals surface area contributed by atoms with E-state index in [1.807, 2.05) is 6.08 Å². The quantitative estimate of drug-likeness (QED) is 0.653. The lowest BCUT2D eigenvalue weighted by atomic mass is 10.0. The second-order valence-electron chi connectivity index (χ2n) is 4.52. The highest BCUT2D eigenvalue weighted by Gasteiger charge is 2.16. The molecule has 0 aliphatic carbocycles. The number of hydrogen-bond acceptors (Lipinski definition) is 2. The molecule has 0 radical (unpaired) electrons. The first-order chi connectivity index (χ1) is 6.74. The van der Waals surface area contributed by atoms with Crippen LogP contribution in [0.1, 0.15) is 26.7 Å². The van der Waals surface area contributed by atoms with E-state index in [1.165, 1.54) is 32.5 Å². The van der Waals surface area contributed by atoms with Gasteiger partial charge in [-0.15, -0.1) is 6.58 Å². The molecule has 0 amide bonds. The van der Waals surface area contributed by atoms with E-state index < -0.39 is 0 Å². The van der Waals surface area contributed by atoms with Crippen LogP contribution in [0.3, 0.4) is 0 Å². The van der Waals surface area contributed by atoms with Gasteiger partial charge in [0.1, 0.15) is 0 Å². The molecule has 1 N–H and O–H groups in total. The lowest BCUT2D eigenvalue weighted by molar-refractivity contribution is 0.229. The van der Waals surface area contributed by atoms with Crippen molar-refractivity contribution in [2.45, 2.75) is 32.7 Å². The summed E-state index contributed by atoms with van der Waals surface area (Å²) in [7, 11) is 0. The van der Waals surface area contributed by atoms with Gasteiger partial charge in [-0.1, -0.05) is 6.08 Å². The molecule has 1 heterocycles. The zero-order valence-corrected chi connectivity index (χ0v) is 9.63. The second-order valence-corrected chi connectivity index (χ2v) is 4.52. The normalized spacial score (nSPS) is 22.1. The van der Waals surface area contributed by atoms with Crippen LogP contribution < -0.4 is 5.32 Å². The van der Waals surface area contributed by atoms with Crippen molar-refractivity contribution in [1.82, 2.24) is 10.2 Å². The molecule has 14 heavy (non-hydrogen) atoms. The summed E-state index contributed by atoms with van der Waals surface area (Å²) in [6.07, 6.45) is 4.70. The lowest BCUT2D eigenvalue weighted by Crippen LogP contribution is -2.33. The maximum atomic E-state index is 3.81. The van der Waals surface area contributed by atoms with Crippen molar-refractivity contribution >= 4 is 0 Å². The Balaban J connectivity index is 2.21. The number of rotatable bonds is 6. The van der Waals surface area contributed by atoms with E-state index in [9.17, 15) is 0 Å². The van der Waals surface area contributed by atoms with Crippen LogP contribution in [0.15, 0.2) is 12.7 Å². The summed E-state index contributed by atoms with van der Waals surface area (Å²) in [5, 5.41) is 3.42. The fourth-order valence-electron chi connectivity index (χ4n) is 2.04. The molecule has 1 rings (SSSR count). The zero-order valence-electron chi connectivity index (χ0n) is 9.63. The van der Waals surface area contributed by atoms with Crippen LogP contribution in [-0.4, -0.2) is 37.1 Å². The van der Waals surface area contributed by atoms with Gasteiger partial charge in [0.2, 0.25) is 0 Å². The van der Waals surface area contributed by atoms with Gasteiger partial charge in [0, 0.05) is 12.6 Å². The maximum Gasteiger partial charge on any atom is 0.0163 e. The van der Waals surface area contributed by atoms with E-state index in [2.05, 4.69) is 30.6 Å². The highest BCUT2D eigenvalue weighted by atomic mass is 15.1. The summed E-state index contributed by atoms with van der Waals surface area (Å²) in [5.41, 5.74) is 0. The minimum Gasteiger partial charge on any atom is -0.316 e. The lowest BCUT2D eigenvalue weighted by Gasteiger charge is -2.26. The highest BCUT2D eigenvalue weighted by molar-refractivity contribution is 4.78.